The Kier molecular flexibility index (Phi) is 4.94. The topological polar surface area (TPSA) is 116 Å². The van der Waals surface area contributed by atoms with Gasteiger partial charge in [-0.05, 0) is 6.92 Å². The number of nitrogens with zero attached hydrogens (tertiary/aromatic N) is 2. The van der Waals surface area contributed by atoms with Gasteiger partial charge in [-0.3, -0.25) is 10.2 Å². The van der Waals surface area contributed by atoms with Crippen molar-refractivity contribution in [1.82, 2.24) is 4.98 Å². The molecule has 2 heterocycles. The molecule has 0 aliphatic carbocycles. The minimum Gasteiger partial charge on any atom is -0.466 e. The van der Waals surface area contributed by atoms with Gasteiger partial charge < -0.3 is 14.2 Å². The van der Waals surface area contributed by atoms with E-state index in [0.29, 0.717) is 17.4 Å². The van der Waals surface area contributed by atoms with Gasteiger partial charge in [-0.1, -0.05) is 0 Å². The number of carbonyl (C=O) groups excluding carboxylic acids is 3. The summed E-state index contributed by atoms with van der Waals surface area (Å²) in [6, 6.07) is 0. The lowest BCUT2D eigenvalue weighted by atomic mass is 10.3. The van der Waals surface area contributed by atoms with Crippen molar-refractivity contribution in [3.8, 4) is 0 Å². The van der Waals surface area contributed by atoms with E-state index in [9.17, 15) is 14.4 Å². The first-order valence-electron chi connectivity index (χ1n) is 6.71. The summed E-state index contributed by atoms with van der Waals surface area (Å²) in [6.07, 6.45) is 0.0286. The summed E-state index contributed by atoms with van der Waals surface area (Å²) in [6.45, 7) is 4.89. The van der Waals surface area contributed by atoms with Crippen LogP contribution in [0.15, 0.2) is 10.5 Å². The predicted molar refractivity (Wildman–Crippen MR) is 79.8 cm³/mol. The van der Waals surface area contributed by atoms with Gasteiger partial charge in [-0.15, -0.1) is 11.3 Å². The molecule has 0 amide bonds. The monoisotopic (exact) mass is 341 g/mol. The second-order valence-electron chi connectivity index (χ2n) is 4.88. The Labute approximate surface area is 135 Å². The number of rotatable bonds is 5. The molecule has 0 atom stereocenters. The quantitative estimate of drug-likeness (QED) is 0.619. The average molecular weight is 341 g/mol. The van der Waals surface area contributed by atoms with E-state index in [4.69, 9.17) is 14.2 Å². The lowest BCUT2D eigenvalue weighted by molar-refractivity contribution is -0.214. The third-order valence-corrected chi connectivity index (χ3v) is 3.31. The molecule has 1 saturated heterocycles. The van der Waals surface area contributed by atoms with Gasteiger partial charge in [0.05, 0.1) is 18.7 Å². The predicted octanol–water partition coefficient (Wildman–Crippen LogP) is 0.853. The smallest absolute Gasteiger partial charge is 0.369 e. The minimum atomic E-state index is -1.32. The molecule has 0 saturated carbocycles. The summed E-state index contributed by atoms with van der Waals surface area (Å²) in [4.78, 5) is 38.8. The van der Waals surface area contributed by atoms with Crippen molar-refractivity contribution < 1.29 is 28.6 Å². The van der Waals surface area contributed by atoms with Gasteiger partial charge in [0, 0.05) is 19.2 Å². The largest absolute Gasteiger partial charge is 0.466 e. The Bertz CT molecular complexity index is 644. The number of anilines is 1. The van der Waals surface area contributed by atoms with E-state index in [0.717, 1.165) is 11.3 Å². The first-order valence-corrected chi connectivity index (χ1v) is 7.59. The molecule has 124 valence electrons. The fourth-order valence-electron chi connectivity index (χ4n) is 1.64. The molecule has 9 nitrogen and oxygen atoms in total. The van der Waals surface area contributed by atoms with Crippen LogP contribution in [0.3, 0.4) is 0 Å². The number of carbonyl (C=O) groups is 3. The number of hydrazone groups is 1. The second-order valence-corrected chi connectivity index (χ2v) is 5.73. The van der Waals surface area contributed by atoms with Gasteiger partial charge in [0.2, 0.25) is 5.13 Å². The van der Waals surface area contributed by atoms with Crippen molar-refractivity contribution in [1.29, 1.82) is 0 Å². The minimum absolute atomic E-state index is 0.0286. The zero-order valence-electron chi connectivity index (χ0n) is 12.7. The molecule has 1 aromatic rings. The van der Waals surface area contributed by atoms with Crippen LogP contribution in [0, 0.1) is 0 Å². The third-order valence-electron chi connectivity index (χ3n) is 2.51. The molecular formula is C13H15N3O6S. The summed E-state index contributed by atoms with van der Waals surface area (Å²) in [5.41, 5.74) is 2.45. The zero-order chi connectivity index (χ0) is 17.0. The van der Waals surface area contributed by atoms with Crippen LogP contribution < -0.4 is 5.43 Å². The molecule has 1 fully saturated rings. The van der Waals surface area contributed by atoms with Crippen molar-refractivity contribution in [3.63, 3.8) is 0 Å². The fourth-order valence-corrected chi connectivity index (χ4v) is 2.29. The molecular weight excluding hydrogens is 326 g/mol. The van der Waals surface area contributed by atoms with Crippen LogP contribution in [0.1, 0.15) is 26.5 Å². The van der Waals surface area contributed by atoms with Gasteiger partial charge in [0.1, 0.15) is 0 Å². The summed E-state index contributed by atoms with van der Waals surface area (Å²) >= 11 is 1.16. The zero-order valence-corrected chi connectivity index (χ0v) is 13.6. The van der Waals surface area contributed by atoms with Gasteiger partial charge in [-0.25, -0.2) is 14.6 Å². The highest BCUT2D eigenvalue weighted by Gasteiger charge is 2.40. The molecule has 2 rings (SSSR count). The highest BCUT2D eigenvalue weighted by atomic mass is 32.1. The molecule has 1 aliphatic heterocycles. The molecule has 10 heteroatoms. The van der Waals surface area contributed by atoms with Gasteiger partial charge in [-0.2, -0.15) is 5.10 Å². The number of cyclic esters (lactones) is 2. The maximum atomic E-state index is 11.7. The maximum Gasteiger partial charge on any atom is 0.369 e. The highest BCUT2D eigenvalue weighted by molar-refractivity contribution is 7.13. The molecule has 0 aromatic carbocycles. The average Bonchev–Trinajstić information content (AvgIpc) is 2.84. The lowest BCUT2D eigenvalue weighted by Gasteiger charge is -2.28. The summed E-state index contributed by atoms with van der Waals surface area (Å²) in [5.74, 6) is -3.48. The lowest BCUT2D eigenvalue weighted by Crippen LogP contribution is -2.47. The molecule has 0 bridgehead atoms. The van der Waals surface area contributed by atoms with E-state index in [1.54, 1.807) is 12.3 Å². The van der Waals surface area contributed by atoms with E-state index < -0.39 is 29.4 Å². The van der Waals surface area contributed by atoms with E-state index in [1.165, 1.54) is 13.8 Å². The SMILES string of the molecule is CCOC(=O)Cc1csc(NN=C2C(=O)OC(C)(C)OC2=O)n1. The first kappa shape index (κ1) is 16.9. The van der Waals surface area contributed by atoms with Crippen molar-refractivity contribution in [2.24, 2.45) is 5.10 Å². The summed E-state index contributed by atoms with van der Waals surface area (Å²) in [7, 11) is 0. The van der Waals surface area contributed by atoms with E-state index >= 15 is 0 Å². The highest BCUT2D eigenvalue weighted by Crippen LogP contribution is 2.19. The number of hydrogen-bond donors (Lipinski definition) is 1. The molecule has 1 N–H and O–H groups in total. The van der Waals surface area contributed by atoms with Crippen LogP contribution in [0.2, 0.25) is 0 Å². The van der Waals surface area contributed by atoms with Crippen LogP contribution in [0.4, 0.5) is 5.13 Å². The Hall–Kier alpha value is -2.49. The molecule has 23 heavy (non-hydrogen) atoms. The number of aromatic nitrogens is 1. The number of hydrogen-bond acceptors (Lipinski definition) is 10. The van der Waals surface area contributed by atoms with Crippen LogP contribution in [0.25, 0.3) is 0 Å². The summed E-state index contributed by atoms with van der Waals surface area (Å²) < 4.78 is 14.6. The Balaban J connectivity index is 2.00. The van der Waals surface area contributed by atoms with Crippen molar-refractivity contribution in [2.45, 2.75) is 33.0 Å². The Morgan fingerprint density at radius 1 is 1.39 bits per heavy atom. The second kappa shape index (κ2) is 6.73. The molecule has 1 aromatic heterocycles. The molecule has 0 spiro atoms. The van der Waals surface area contributed by atoms with Crippen molar-refractivity contribution >= 4 is 40.1 Å². The normalized spacial score (nSPS) is 16.4. The number of ether oxygens (including phenoxy) is 3. The van der Waals surface area contributed by atoms with Crippen LogP contribution in [-0.2, 0) is 35.0 Å². The van der Waals surface area contributed by atoms with Crippen LogP contribution in [-0.4, -0.2) is 41.0 Å². The number of esters is 3. The molecule has 0 unspecified atom stereocenters. The number of nitrogens with one attached hydrogen (secondary N) is 1. The molecule has 0 radical (unpaired) electrons. The van der Waals surface area contributed by atoms with Crippen LogP contribution in [0.5, 0.6) is 0 Å². The van der Waals surface area contributed by atoms with Crippen molar-refractivity contribution in [3.05, 3.63) is 11.1 Å². The van der Waals surface area contributed by atoms with Crippen LogP contribution >= 0.6 is 11.3 Å². The van der Waals surface area contributed by atoms with Gasteiger partial charge in [0.25, 0.3) is 11.5 Å². The maximum absolute atomic E-state index is 11.7. The molecule has 1 aliphatic rings. The fraction of sp³-hybridized carbons (Fsp3) is 0.462. The van der Waals surface area contributed by atoms with E-state index in [-0.39, 0.29) is 6.42 Å². The number of thiazole rings is 1. The van der Waals surface area contributed by atoms with E-state index in [2.05, 4.69) is 15.5 Å². The first-order chi connectivity index (χ1) is 10.8. The Morgan fingerprint density at radius 2 is 2.04 bits per heavy atom. The third kappa shape index (κ3) is 4.49. The standard InChI is InChI=1S/C13H15N3O6S/c1-4-20-8(17)5-7-6-23-12(14-7)16-15-9-10(18)21-13(2,3)22-11(9)19/h6H,4-5H2,1-3H3,(H,14,16). The van der Waals surface area contributed by atoms with Crippen molar-refractivity contribution in [2.75, 3.05) is 12.0 Å². The van der Waals surface area contributed by atoms with Gasteiger partial charge >= 0.3 is 17.9 Å². The summed E-state index contributed by atoms with van der Waals surface area (Å²) in [5, 5.41) is 5.61. The van der Waals surface area contributed by atoms with E-state index in [1.807, 2.05) is 0 Å². The Morgan fingerprint density at radius 3 is 2.65 bits per heavy atom. The van der Waals surface area contributed by atoms with Gasteiger partial charge in [0.15, 0.2) is 0 Å².